The second-order valence-corrected chi connectivity index (χ2v) is 4.44. The highest BCUT2D eigenvalue weighted by Crippen LogP contribution is 2.32. The molecular formula is C16H14N2O3. The van der Waals surface area contributed by atoms with Gasteiger partial charge in [0.2, 0.25) is 0 Å². The van der Waals surface area contributed by atoms with E-state index >= 15 is 0 Å². The molecule has 2 aromatic carbocycles. The van der Waals surface area contributed by atoms with Crippen molar-refractivity contribution in [2.45, 2.75) is 0 Å². The molecule has 0 unspecified atom stereocenters. The molecule has 0 aromatic heterocycles. The van der Waals surface area contributed by atoms with Crippen LogP contribution < -0.4 is 14.9 Å². The molecule has 0 saturated heterocycles. The van der Waals surface area contributed by atoms with Crippen LogP contribution in [0.2, 0.25) is 0 Å². The zero-order valence-electron chi connectivity index (χ0n) is 11.3. The number of nitrogens with zero attached hydrogens (tertiary/aromatic N) is 1. The van der Waals surface area contributed by atoms with Gasteiger partial charge in [-0.25, -0.2) is 5.43 Å². The van der Waals surface area contributed by atoms with Crippen LogP contribution in [0.15, 0.2) is 53.6 Å². The van der Waals surface area contributed by atoms with Crippen LogP contribution >= 0.6 is 0 Å². The van der Waals surface area contributed by atoms with Crippen molar-refractivity contribution in [3.05, 3.63) is 59.7 Å². The highest BCUT2D eigenvalue weighted by atomic mass is 16.6. The largest absolute Gasteiger partial charge is 0.486 e. The van der Waals surface area contributed by atoms with Crippen molar-refractivity contribution in [2.75, 3.05) is 13.2 Å². The van der Waals surface area contributed by atoms with Gasteiger partial charge in [-0.1, -0.05) is 24.3 Å². The normalized spacial score (nSPS) is 13.1. The number of hydrogen-bond acceptors (Lipinski definition) is 4. The quantitative estimate of drug-likeness (QED) is 0.693. The van der Waals surface area contributed by atoms with Gasteiger partial charge in [0.1, 0.15) is 13.2 Å². The highest BCUT2D eigenvalue weighted by molar-refractivity contribution is 5.95. The average molecular weight is 282 g/mol. The Morgan fingerprint density at radius 3 is 2.71 bits per heavy atom. The molecule has 0 aliphatic carbocycles. The number of hydrogen-bond donors (Lipinski definition) is 1. The van der Waals surface area contributed by atoms with Crippen LogP contribution in [0, 0.1) is 0 Å². The summed E-state index contributed by atoms with van der Waals surface area (Å²) in [6.45, 7) is 1.05. The lowest BCUT2D eigenvalue weighted by molar-refractivity contribution is 0.0955. The van der Waals surface area contributed by atoms with E-state index in [1.165, 1.54) is 0 Å². The number of para-hydroxylation sites is 1. The average Bonchev–Trinajstić information content (AvgIpc) is 2.56. The highest BCUT2D eigenvalue weighted by Gasteiger charge is 2.14. The van der Waals surface area contributed by atoms with Crippen LogP contribution in [0.4, 0.5) is 0 Å². The standard InChI is InChI=1S/C16H14N2O3/c19-16(12-5-2-1-3-6-12)18-17-11-13-7-4-8-14-15(13)21-10-9-20-14/h1-8,11H,9-10H2,(H,18,19)/b17-11-. The minimum atomic E-state index is -0.256. The lowest BCUT2D eigenvalue weighted by atomic mass is 10.2. The molecule has 0 bridgehead atoms. The van der Waals surface area contributed by atoms with Crippen LogP contribution in [-0.2, 0) is 0 Å². The van der Waals surface area contributed by atoms with Crippen LogP contribution in [0.3, 0.4) is 0 Å². The summed E-state index contributed by atoms with van der Waals surface area (Å²) < 4.78 is 11.1. The first-order valence-electron chi connectivity index (χ1n) is 6.61. The lowest BCUT2D eigenvalue weighted by Gasteiger charge is -2.19. The SMILES string of the molecule is O=C(N/N=C\c1cccc2c1OCCO2)c1ccccc1. The maximum absolute atomic E-state index is 11.8. The Kier molecular flexibility index (Phi) is 3.82. The minimum Gasteiger partial charge on any atom is -0.486 e. The summed E-state index contributed by atoms with van der Waals surface area (Å²) in [5.74, 6) is 1.09. The van der Waals surface area contributed by atoms with E-state index in [0.717, 1.165) is 5.56 Å². The molecule has 0 spiro atoms. The molecule has 0 radical (unpaired) electrons. The van der Waals surface area contributed by atoms with E-state index in [0.29, 0.717) is 30.3 Å². The van der Waals surface area contributed by atoms with Crippen molar-refractivity contribution in [3.63, 3.8) is 0 Å². The van der Waals surface area contributed by atoms with E-state index in [1.54, 1.807) is 30.5 Å². The van der Waals surface area contributed by atoms with E-state index in [1.807, 2.05) is 24.3 Å². The fraction of sp³-hybridized carbons (Fsp3) is 0.125. The van der Waals surface area contributed by atoms with Crippen LogP contribution in [0.1, 0.15) is 15.9 Å². The topological polar surface area (TPSA) is 59.9 Å². The summed E-state index contributed by atoms with van der Waals surface area (Å²) in [4.78, 5) is 11.8. The van der Waals surface area contributed by atoms with Crippen LogP contribution in [0.25, 0.3) is 0 Å². The molecule has 5 heteroatoms. The maximum atomic E-state index is 11.8. The Balaban J connectivity index is 1.71. The van der Waals surface area contributed by atoms with E-state index in [-0.39, 0.29) is 5.91 Å². The number of hydrazone groups is 1. The molecular weight excluding hydrogens is 268 g/mol. The minimum absolute atomic E-state index is 0.256. The van der Waals surface area contributed by atoms with Crippen molar-refractivity contribution in [2.24, 2.45) is 5.10 Å². The van der Waals surface area contributed by atoms with Crippen molar-refractivity contribution in [1.29, 1.82) is 0 Å². The molecule has 5 nitrogen and oxygen atoms in total. The van der Waals surface area contributed by atoms with Crippen molar-refractivity contribution < 1.29 is 14.3 Å². The molecule has 1 heterocycles. The lowest BCUT2D eigenvalue weighted by Crippen LogP contribution is -2.18. The van der Waals surface area contributed by atoms with Gasteiger partial charge in [-0.2, -0.15) is 5.10 Å². The third kappa shape index (κ3) is 3.02. The maximum Gasteiger partial charge on any atom is 0.271 e. The van der Waals surface area contributed by atoms with Gasteiger partial charge in [0, 0.05) is 11.1 Å². The smallest absolute Gasteiger partial charge is 0.271 e. The Hall–Kier alpha value is -2.82. The van der Waals surface area contributed by atoms with E-state index in [4.69, 9.17) is 9.47 Å². The summed E-state index contributed by atoms with van der Waals surface area (Å²) in [6.07, 6.45) is 1.55. The van der Waals surface area contributed by atoms with Gasteiger partial charge >= 0.3 is 0 Å². The first kappa shape index (κ1) is 13.2. The molecule has 0 saturated carbocycles. The first-order chi connectivity index (χ1) is 10.3. The Labute approximate surface area is 122 Å². The van der Waals surface area contributed by atoms with Crippen molar-refractivity contribution in [3.8, 4) is 11.5 Å². The number of carbonyl (C=O) groups is 1. The van der Waals surface area contributed by atoms with Crippen LogP contribution in [0.5, 0.6) is 11.5 Å². The fourth-order valence-electron chi connectivity index (χ4n) is 2.01. The molecule has 1 N–H and O–H groups in total. The molecule has 3 rings (SSSR count). The summed E-state index contributed by atoms with van der Waals surface area (Å²) in [5.41, 5.74) is 3.81. The first-order valence-corrected chi connectivity index (χ1v) is 6.61. The monoisotopic (exact) mass is 282 g/mol. The number of amides is 1. The number of carbonyl (C=O) groups excluding carboxylic acids is 1. The van der Waals surface area contributed by atoms with E-state index in [9.17, 15) is 4.79 Å². The van der Waals surface area contributed by atoms with Gasteiger partial charge in [0.05, 0.1) is 6.21 Å². The molecule has 0 fully saturated rings. The molecule has 2 aromatic rings. The van der Waals surface area contributed by atoms with Gasteiger partial charge in [-0.15, -0.1) is 0 Å². The Morgan fingerprint density at radius 1 is 1.05 bits per heavy atom. The van der Waals surface area contributed by atoms with Gasteiger partial charge in [-0.05, 0) is 24.3 Å². The number of benzene rings is 2. The summed E-state index contributed by atoms with van der Waals surface area (Å²) in [5, 5.41) is 3.97. The van der Waals surface area contributed by atoms with E-state index in [2.05, 4.69) is 10.5 Å². The number of fused-ring (bicyclic) bond motifs is 1. The third-order valence-electron chi connectivity index (χ3n) is 3.00. The zero-order valence-corrected chi connectivity index (χ0v) is 11.3. The van der Waals surface area contributed by atoms with E-state index < -0.39 is 0 Å². The number of rotatable bonds is 3. The van der Waals surface area contributed by atoms with Crippen molar-refractivity contribution in [1.82, 2.24) is 5.43 Å². The number of ether oxygens (including phenoxy) is 2. The molecule has 0 atom stereocenters. The van der Waals surface area contributed by atoms with Gasteiger partial charge in [0.25, 0.3) is 5.91 Å². The zero-order chi connectivity index (χ0) is 14.5. The van der Waals surface area contributed by atoms with Crippen molar-refractivity contribution >= 4 is 12.1 Å². The summed E-state index contributed by atoms with van der Waals surface area (Å²) in [7, 11) is 0. The fourth-order valence-corrected chi connectivity index (χ4v) is 2.01. The van der Waals surface area contributed by atoms with Gasteiger partial charge < -0.3 is 9.47 Å². The second-order valence-electron chi connectivity index (χ2n) is 4.44. The Bertz CT molecular complexity index is 668. The molecule has 106 valence electrons. The second kappa shape index (κ2) is 6.09. The van der Waals surface area contributed by atoms with Gasteiger partial charge in [-0.3, -0.25) is 4.79 Å². The third-order valence-corrected chi connectivity index (χ3v) is 3.00. The summed E-state index contributed by atoms with van der Waals surface area (Å²) >= 11 is 0. The molecule has 1 aliphatic heterocycles. The molecule has 21 heavy (non-hydrogen) atoms. The molecule has 1 amide bonds. The van der Waals surface area contributed by atoms with Gasteiger partial charge in [0.15, 0.2) is 11.5 Å². The van der Waals surface area contributed by atoms with Crippen LogP contribution in [-0.4, -0.2) is 25.3 Å². The predicted octanol–water partition coefficient (Wildman–Crippen LogP) is 2.22. The summed E-state index contributed by atoms with van der Waals surface area (Å²) in [6, 6.07) is 14.5. The predicted molar refractivity (Wildman–Crippen MR) is 78.9 cm³/mol. The molecule has 1 aliphatic rings. The number of nitrogens with one attached hydrogen (secondary N) is 1. The Morgan fingerprint density at radius 2 is 1.86 bits per heavy atom.